The van der Waals surface area contributed by atoms with Crippen molar-refractivity contribution in [3.05, 3.63) is 23.8 Å². The number of fused-ring (bicyclic) bond motifs is 1. The molecule has 0 aromatic heterocycles. The molecule has 20 heavy (non-hydrogen) atoms. The predicted octanol–water partition coefficient (Wildman–Crippen LogP) is 2.10. The van der Waals surface area contributed by atoms with Gasteiger partial charge in [-0.3, -0.25) is 9.69 Å². The number of carbonyl (C=O) groups is 1. The number of hydrogen-bond acceptors (Lipinski definition) is 4. The zero-order valence-corrected chi connectivity index (χ0v) is 11.4. The maximum atomic E-state index is 10.8. The molecular weight excluding hydrogens is 258 g/mol. The lowest BCUT2D eigenvalue weighted by Crippen LogP contribution is -2.35. The fraction of sp³-hybridized carbons (Fsp3) is 0.533. The Labute approximate surface area is 118 Å². The SMILES string of the molecule is O=C(O)CC1CCCN(Cc2ccc3c(c2)OCO3)C1. The monoisotopic (exact) mass is 277 g/mol. The van der Waals surface area contributed by atoms with Gasteiger partial charge in [-0.25, -0.2) is 0 Å². The number of hydrogen-bond donors (Lipinski definition) is 1. The van der Waals surface area contributed by atoms with Crippen molar-refractivity contribution in [2.75, 3.05) is 19.9 Å². The van der Waals surface area contributed by atoms with E-state index in [0.717, 1.165) is 44.0 Å². The van der Waals surface area contributed by atoms with Crippen LogP contribution in [-0.2, 0) is 11.3 Å². The average molecular weight is 277 g/mol. The minimum Gasteiger partial charge on any atom is -0.481 e. The highest BCUT2D eigenvalue weighted by Gasteiger charge is 2.22. The summed E-state index contributed by atoms with van der Waals surface area (Å²) < 4.78 is 10.7. The average Bonchev–Trinajstić information content (AvgIpc) is 2.85. The molecule has 1 unspecified atom stereocenters. The lowest BCUT2D eigenvalue weighted by molar-refractivity contribution is -0.138. The van der Waals surface area contributed by atoms with Crippen molar-refractivity contribution in [2.45, 2.75) is 25.8 Å². The molecule has 1 fully saturated rings. The first-order valence-electron chi connectivity index (χ1n) is 7.03. The summed E-state index contributed by atoms with van der Waals surface area (Å²) in [5, 5.41) is 8.90. The molecule has 3 rings (SSSR count). The van der Waals surface area contributed by atoms with Gasteiger partial charge in [0.1, 0.15) is 0 Å². The molecular formula is C15H19NO4. The third-order valence-electron chi connectivity index (χ3n) is 3.91. The van der Waals surface area contributed by atoms with Gasteiger partial charge in [0.25, 0.3) is 0 Å². The molecule has 2 aliphatic rings. The molecule has 0 radical (unpaired) electrons. The Bertz CT molecular complexity index is 503. The zero-order chi connectivity index (χ0) is 13.9. The summed E-state index contributed by atoms with van der Waals surface area (Å²) in [7, 11) is 0. The summed E-state index contributed by atoms with van der Waals surface area (Å²) in [5.41, 5.74) is 1.19. The van der Waals surface area contributed by atoms with E-state index in [9.17, 15) is 4.79 Å². The van der Waals surface area contributed by atoms with E-state index in [0.29, 0.717) is 6.79 Å². The quantitative estimate of drug-likeness (QED) is 0.913. The second-order valence-corrected chi connectivity index (χ2v) is 5.53. The molecule has 0 saturated carbocycles. The maximum Gasteiger partial charge on any atom is 0.303 e. The van der Waals surface area contributed by atoms with E-state index in [1.165, 1.54) is 5.56 Å². The molecule has 1 aromatic carbocycles. The van der Waals surface area contributed by atoms with Crippen LogP contribution in [0.4, 0.5) is 0 Å². The highest BCUT2D eigenvalue weighted by Crippen LogP contribution is 2.33. The van der Waals surface area contributed by atoms with E-state index in [1.54, 1.807) is 0 Å². The van der Waals surface area contributed by atoms with Gasteiger partial charge in [-0.1, -0.05) is 6.07 Å². The van der Waals surface area contributed by atoms with E-state index in [2.05, 4.69) is 4.90 Å². The predicted molar refractivity (Wildman–Crippen MR) is 72.8 cm³/mol. The summed E-state index contributed by atoms with van der Waals surface area (Å²) in [4.78, 5) is 13.1. The number of ether oxygens (including phenoxy) is 2. The normalized spacial score (nSPS) is 21.9. The molecule has 1 aromatic rings. The third kappa shape index (κ3) is 3.04. The Balaban J connectivity index is 1.61. The lowest BCUT2D eigenvalue weighted by Gasteiger charge is -2.32. The Kier molecular flexibility index (Phi) is 3.78. The summed E-state index contributed by atoms with van der Waals surface area (Å²) in [6, 6.07) is 6.01. The molecule has 2 heterocycles. The summed E-state index contributed by atoms with van der Waals surface area (Å²) in [6.45, 7) is 3.03. The van der Waals surface area contributed by atoms with Gasteiger partial charge in [-0.05, 0) is 43.0 Å². The fourth-order valence-corrected chi connectivity index (χ4v) is 3.01. The van der Waals surface area contributed by atoms with Gasteiger partial charge in [-0.2, -0.15) is 0 Å². The molecule has 0 amide bonds. The van der Waals surface area contributed by atoms with Crippen LogP contribution < -0.4 is 9.47 Å². The third-order valence-corrected chi connectivity index (χ3v) is 3.91. The van der Waals surface area contributed by atoms with E-state index in [4.69, 9.17) is 14.6 Å². The van der Waals surface area contributed by atoms with Gasteiger partial charge < -0.3 is 14.6 Å². The molecule has 0 aliphatic carbocycles. The van der Waals surface area contributed by atoms with Crippen LogP contribution >= 0.6 is 0 Å². The standard InChI is InChI=1S/C15H19NO4/c17-15(18)7-11-2-1-5-16(8-11)9-12-3-4-13-14(6-12)20-10-19-13/h3-4,6,11H,1-2,5,7-10H2,(H,17,18). The number of carboxylic acid groups (broad SMARTS) is 1. The molecule has 1 N–H and O–H groups in total. The van der Waals surface area contributed by atoms with Crippen molar-refractivity contribution in [1.82, 2.24) is 4.90 Å². The molecule has 2 aliphatic heterocycles. The van der Waals surface area contributed by atoms with E-state index in [1.807, 2.05) is 18.2 Å². The van der Waals surface area contributed by atoms with Crippen molar-refractivity contribution >= 4 is 5.97 Å². The number of carboxylic acids is 1. The van der Waals surface area contributed by atoms with Crippen LogP contribution in [-0.4, -0.2) is 35.9 Å². The zero-order valence-electron chi connectivity index (χ0n) is 11.4. The van der Waals surface area contributed by atoms with Crippen LogP contribution in [0.2, 0.25) is 0 Å². The van der Waals surface area contributed by atoms with Crippen LogP contribution in [0.1, 0.15) is 24.8 Å². The number of aliphatic carboxylic acids is 1. The minimum atomic E-state index is -0.695. The first-order valence-corrected chi connectivity index (χ1v) is 7.03. The van der Waals surface area contributed by atoms with Crippen molar-refractivity contribution < 1.29 is 19.4 Å². The summed E-state index contributed by atoms with van der Waals surface area (Å²) >= 11 is 0. The van der Waals surface area contributed by atoms with Gasteiger partial charge in [-0.15, -0.1) is 0 Å². The van der Waals surface area contributed by atoms with Gasteiger partial charge in [0.05, 0.1) is 0 Å². The molecule has 0 bridgehead atoms. The maximum absolute atomic E-state index is 10.8. The summed E-state index contributed by atoms with van der Waals surface area (Å²) in [6.07, 6.45) is 2.37. The van der Waals surface area contributed by atoms with Crippen molar-refractivity contribution in [2.24, 2.45) is 5.92 Å². The van der Waals surface area contributed by atoms with Gasteiger partial charge in [0, 0.05) is 19.5 Å². The van der Waals surface area contributed by atoms with E-state index in [-0.39, 0.29) is 12.3 Å². The minimum absolute atomic E-state index is 0.273. The van der Waals surface area contributed by atoms with Crippen LogP contribution in [0.5, 0.6) is 11.5 Å². The number of benzene rings is 1. The van der Waals surface area contributed by atoms with E-state index >= 15 is 0 Å². The highest BCUT2D eigenvalue weighted by molar-refractivity contribution is 5.67. The van der Waals surface area contributed by atoms with Crippen molar-refractivity contribution in [3.63, 3.8) is 0 Å². The lowest BCUT2D eigenvalue weighted by atomic mass is 9.94. The smallest absolute Gasteiger partial charge is 0.303 e. The number of nitrogens with zero attached hydrogens (tertiary/aromatic N) is 1. The Hall–Kier alpha value is -1.75. The molecule has 5 heteroatoms. The number of rotatable bonds is 4. The molecule has 108 valence electrons. The van der Waals surface area contributed by atoms with Gasteiger partial charge in [0.2, 0.25) is 6.79 Å². The van der Waals surface area contributed by atoms with Crippen molar-refractivity contribution in [1.29, 1.82) is 0 Å². The van der Waals surface area contributed by atoms with Gasteiger partial charge >= 0.3 is 5.97 Å². The van der Waals surface area contributed by atoms with Crippen LogP contribution in [0, 0.1) is 5.92 Å². The summed E-state index contributed by atoms with van der Waals surface area (Å²) in [5.74, 6) is 1.19. The molecule has 0 spiro atoms. The highest BCUT2D eigenvalue weighted by atomic mass is 16.7. The number of likely N-dealkylation sites (tertiary alicyclic amines) is 1. The molecule has 5 nitrogen and oxygen atoms in total. The van der Waals surface area contributed by atoms with Crippen LogP contribution in [0.3, 0.4) is 0 Å². The Morgan fingerprint density at radius 3 is 3.05 bits per heavy atom. The Morgan fingerprint density at radius 2 is 2.20 bits per heavy atom. The second kappa shape index (κ2) is 5.71. The van der Waals surface area contributed by atoms with E-state index < -0.39 is 5.97 Å². The fourth-order valence-electron chi connectivity index (χ4n) is 3.01. The number of piperidine rings is 1. The second-order valence-electron chi connectivity index (χ2n) is 5.53. The van der Waals surface area contributed by atoms with Crippen LogP contribution in [0.25, 0.3) is 0 Å². The first kappa shape index (κ1) is 13.2. The Morgan fingerprint density at radius 1 is 1.35 bits per heavy atom. The van der Waals surface area contributed by atoms with Gasteiger partial charge in [0.15, 0.2) is 11.5 Å². The topological polar surface area (TPSA) is 59.0 Å². The molecule has 1 atom stereocenters. The molecule has 1 saturated heterocycles. The largest absolute Gasteiger partial charge is 0.481 e. The van der Waals surface area contributed by atoms with Crippen LogP contribution in [0.15, 0.2) is 18.2 Å². The first-order chi connectivity index (χ1) is 9.70. The van der Waals surface area contributed by atoms with Crippen molar-refractivity contribution in [3.8, 4) is 11.5 Å².